The summed E-state index contributed by atoms with van der Waals surface area (Å²) in [4.78, 5) is 7.39. The lowest BCUT2D eigenvalue weighted by Crippen LogP contribution is -2.01. The molecule has 0 saturated heterocycles. The van der Waals surface area contributed by atoms with Crippen LogP contribution >= 0.6 is 0 Å². The first kappa shape index (κ1) is 13.8. The van der Waals surface area contributed by atoms with E-state index in [-0.39, 0.29) is 0 Å². The second kappa shape index (κ2) is 6.02. The lowest BCUT2D eigenvalue weighted by molar-refractivity contribution is 0.163. The zero-order chi connectivity index (χ0) is 13.8. The fourth-order valence-corrected chi connectivity index (χ4v) is 2.30. The molecule has 0 bridgehead atoms. The van der Waals surface area contributed by atoms with Crippen LogP contribution < -0.4 is 0 Å². The van der Waals surface area contributed by atoms with Gasteiger partial charge in [0.15, 0.2) is 0 Å². The number of aliphatic hydroxyl groups is 1. The topological polar surface area (TPSA) is 48.9 Å². The maximum absolute atomic E-state index is 10.2. The Kier molecular flexibility index (Phi) is 4.38. The number of hydrogen-bond donors (Lipinski definition) is 2. The second-order valence-electron chi connectivity index (χ2n) is 5.12. The van der Waals surface area contributed by atoms with E-state index in [0.29, 0.717) is 0 Å². The number of rotatable bonds is 5. The van der Waals surface area contributed by atoms with Crippen molar-refractivity contribution in [1.82, 2.24) is 9.97 Å². The number of H-pyrrole nitrogens is 1. The van der Waals surface area contributed by atoms with Gasteiger partial charge in [0.2, 0.25) is 0 Å². The third-order valence-corrected chi connectivity index (χ3v) is 3.53. The molecule has 2 N–H and O–H groups in total. The van der Waals surface area contributed by atoms with Crippen LogP contribution in [0.1, 0.15) is 47.7 Å². The van der Waals surface area contributed by atoms with Crippen molar-refractivity contribution in [2.24, 2.45) is 0 Å². The number of imidazole rings is 1. The zero-order valence-corrected chi connectivity index (χ0v) is 11.9. The Morgan fingerprint density at radius 2 is 2.11 bits per heavy atom. The van der Waals surface area contributed by atoms with Gasteiger partial charge in [-0.05, 0) is 37.8 Å². The van der Waals surface area contributed by atoms with Gasteiger partial charge in [-0.15, -0.1) is 0 Å². The molecule has 1 atom stereocenters. The number of nitrogens with one attached hydrogen (secondary N) is 1. The molecule has 0 aliphatic rings. The van der Waals surface area contributed by atoms with Crippen LogP contribution in [0.5, 0.6) is 0 Å². The molecule has 0 fully saturated rings. The number of aromatic amines is 1. The molecule has 1 heterocycles. The first-order valence-electron chi connectivity index (χ1n) is 6.88. The minimum atomic E-state index is -0.464. The largest absolute Gasteiger partial charge is 0.387 e. The van der Waals surface area contributed by atoms with Gasteiger partial charge in [-0.3, -0.25) is 0 Å². The van der Waals surface area contributed by atoms with Gasteiger partial charge >= 0.3 is 0 Å². The Balaban J connectivity index is 1.98. The molecule has 3 heteroatoms. The van der Waals surface area contributed by atoms with Crippen LogP contribution in [-0.4, -0.2) is 15.1 Å². The van der Waals surface area contributed by atoms with Gasteiger partial charge in [0.25, 0.3) is 0 Å². The monoisotopic (exact) mass is 258 g/mol. The smallest absolute Gasteiger partial charge is 0.106 e. The van der Waals surface area contributed by atoms with Crippen molar-refractivity contribution >= 4 is 0 Å². The normalized spacial score (nSPS) is 12.6. The molecule has 2 aromatic rings. The standard InChI is InChI=1S/C16H22N2O/c1-4-16-17-10-14(18-16)15(19)8-7-13-6-5-11(2)9-12(13)3/h5-6,9-10,15,19H,4,7-8H2,1-3H3,(H,17,18). The number of nitrogens with zero attached hydrogens (tertiary/aromatic N) is 1. The van der Waals surface area contributed by atoms with E-state index in [2.05, 4.69) is 42.0 Å². The van der Waals surface area contributed by atoms with Crippen LogP contribution in [0.3, 0.4) is 0 Å². The van der Waals surface area contributed by atoms with E-state index in [1.165, 1.54) is 16.7 Å². The summed E-state index contributed by atoms with van der Waals surface area (Å²) in [6.07, 6.45) is 3.74. The molecule has 0 spiro atoms. The molecular formula is C16H22N2O. The lowest BCUT2D eigenvalue weighted by atomic mass is 9.99. The van der Waals surface area contributed by atoms with E-state index < -0.39 is 6.10 Å². The van der Waals surface area contributed by atoms with Crippen LogP contribution in [0.15, 0.2) is 24.4 Å². The SMILES string of the molecule is CCc1ncc(C(O)CCc2ccc(C)cc2C)[nH]1. The van der Waals surface area contributed by atoms with Crippen molar-refractivity contribution in [1.29, 1.82) is 0 Å². The molecular weight excluding hydrogens is 236 g/mol. The second-order valence-corrected chi connectivity index (χ2v) is 5.12. The van der Waals surface area contributed by atoms with E-state index in [9.17, 15) is 5.11 Å². The first-order valence-corrected chi connectivity index (χ1v) is 6.88. The molecule has 1 aromatic heterocycles. The number of benzene rings is 1. The third-order valence-electron chi connectivity index (χ3n) is 3.53. The predicted octanol–water partition coefficient (Wildman–Crippen LogP) is 3.26. The van der Waals surface area contributed by atoms with E-state index in [1.54, 1.807) is 6.20 Å². The van der Waals surface area contributed by atoms with Crippen LogP contribution in [-0.2, 0) is 12.8 Å². The number of aromatic nitrogens is 2. The highest BCUT2D eigenvalue weighted by Gasteiger charge is 2.11. The summed E-state index contributed by atoms with van der Waals surface area (Å²) < 4.78 is 0. The predicted molar refractivity (Wildman–Crippen MR) is 77.2 cm³/mol. The summed E-state index contributed by atoms with van der Waals surface area (Å²) in [5.74, 6) is 0.931. The molecule has 19 heavy (non-hydrogen) atoms. The van der Waals surface area contributed by atoms with E-state index in [0.717, 1.165) is 30.8 Å². The molecule has 102 valence electrons. The fraction of sp³-hybridized carbons (Fsp3) is 0.438. The van der Waals surface area contributed by atoms with Crippen molar-refractivity contribution in [3.05, 3.63) is 52.6 Å². The molecule has 3 nitrogen and oxygen atoms in total. The van der Waals surface area contributed by atoms with E-state index in [1.807, 2.05) is 6.92 Å². The van der Waals surface area contributed by atoms with Crippen molar-refractivity contribution in [2.45, 2.75) is 46.1 Å². The molecule has 0 radical (unpaired) electrons. The number of aliphatic hydroxyl groups excluding tert-OH is 1. The summed E-state index contributed by atoms with van der Waals surface area (Å²) in [6, 6.07) is 6.47. The maximum atomic E-state index is 10.2. The van der Waals surface area contributed by atoms with Crippen LogP contribution in [0.4, 0.5) is 0 Å². The molecule has 2 rings (SSSR count). The van der Waals surface area contributed by atoms with Crippen LogP contribution in [0.2, 0.25) is 0 Å². The van der Waals surface area contributed by atoms with Gasteiger partial charge in [0, 0.05) is 6.42 Å². The summed E-state index contributed by atoms with van der Waals surface area (Å²) in [6.45, 7) is 6.27. The molecule has 0 aliphatic heterocycles. The van der Waals surface area contributed by atoms with Crippen LogP contribution in [0.25, 0.3) is 0 Å². The van der Waals surface area contributed by atoms with E-state index >= 15 is 0 Å². The highest BCUT2D eigenvalue weighted by Crippen LogP contribution is 2.19. The maximum Gasteiger partial charge on any atom is 0.106 e. The first-order chi connectivity index (χ1) is 9.10. The van der Waals surface area contributed by atoms with Crippen molar-refractivity contribution < 1.29 is 5.11 Å². The number of hydrogen-bond acceptors (Lipinski definition) is 2. The summed E-state index contributed by atoms with van der Waals surface area (Å²) in [5, 5.41) is 10.2. The third kappa shape index (κ3) is 3.44. The van der Waals surface area contributed by atoms with Gasteiger partial charge in [-0.25, -0.2) is 4.98 Å². The lowest BCUT2D eigenvalue weighted by Gasteiger charge is -2.10. The Labute approximate surface area is 114 Å². The Morgan fingerprint density at radius 1 is 1.32 bits per heavy atom. The Morgan fingerprint density at radius 3 is 2.74 bits per heavy atom. The molecule has 0 amide bonds. The summed E-state index contributed by atoms with van der Waals surface area (Å²) in [5.41, 5.74) is 4.70. The van der Waals surface area contributed by atoms with Crippen molar-refractivity contribution in [3.8, 4) is 0 Å². The highest BCUT2D eigenvalue weighted by atomic mass is 16.3. The molecule has 1 unspecified atom stereocenters. The Hall–Kier alpha value is -1.61. The van der Waals surface area contributed by atoms with E-state index in [4.69, 9.17) is 0 Å². The van der Waals surface area contributed by atoms with Crippen molar-refractivity contribution in [3.63, 3.8) is 0 Å². The summed E-state index contributed by atoms with van der Waals surface area (Å²) in [7, 11) is 0. The summed E-state index contributed by atoms with van der Waals surface area (Å²) >= 11 is 0. The minimum absolute atomic E-state index is 0.464. The van der Waals surface area contributed by atoms with Crippen molar-refractivity contribution in [2.75, 3.05) is 0 Å². The van der Waals surface area contributed by atoms with Gasteiger partial charge in [0.05, 0.1) is 18.0 Å². The zero-order valence-electron chi connectivity index (χ0n) is 11.9. The minimum Gasteiger partial charge on any atom is -0.387 e. The van der Waals surface area contributed by atoms with Gasteiger partial charge in [0.1, 0.15) is 5.82 Å². The number of aryl methyl sites for hydroxylation is 4. The van der Waals surface area contributed by atoms with Gasteiger partial charge in [-0.2, -0.15) is 0 Å². The van der Waals surface area contributed by atoms with Gasteiger partial charge < -0.3 is 10.1 Å². The van der Waals surface area contributed by atoms with Gasteiger partial charge in [-0.1, -0.05) is 30.7 Å². The highest BCUT2D eigenvalue weighted by molar-refractivity contribution is 5.30. The molecule has 0 saturated carbocycles. The average Bonchev–Trinajstić information content (AvgIpc) is 2.86. The van der Waals surface area contributed by atoms with Crippen LogP contribution in [0, 0.1) is 13.8 Å². The Bertz CT molecular complexity index is 545. The average molecular weight is 258 g/mol. The fourth-order valence-electron chi connectivity index (χ4n) is 2.30. The molecule has 0 aliphatic carbocycles. The molecule has 1 aromatic carbocycles. The quantitative estimate of drug-likeness (QED) is 0.865.